The molecule has 8 aliphatic heterocycles. The van der Waals surface area contributed by atoms with E-state index in [-0.39, 0.29) is 52.0 Å². The number of hydrogen-bond donors (Lipinski definition) is 2. The Hall–Kier alpha value is -0.360. The first-order valence-corrected chi connectivity index (χ1v) is 25.8. The predicted molar refractivity (Wildman–Crippen MR) is 315 cm³/mol. The highest BCUT2D eigenvalue weighted by Gasteiger charge is 2.08. The van der Waals surface area contributed by atoms with Crippen molar-refractivity contribution in [2.45, 2.75) is 235 Å². The molecule has 66 heavy (non-hydrogen) atoms. The molecular weight excluding hydrogens is 813 g/mol. The van der Waals surface area contributed by atoms with E-state index < -0.39 is 0 Å². The second-order valence-electron chi connectivity index (χ2n) is 17.4. The molecule has 0 amide bonds. The van der Waals surface area contributed by atoms with Gasteiger partial charge in [-0.05, 0) is 225 Å². The van der Waals surface area contributed by atoms with Gasteiger partial charge < -0.3 is 44.8 Å². The first-order valence-electron chi connectivity index (χ1n) is 25.8. The number of nitrogens with one attached hydrogen (secondary N) is 2. The summed E-state index contributed by atoms with van der Waals surface area (Å²) in [6.07, 6.45) is 25.4. The summed E-state index contributed by atoms with van der Waals surface area (Å²) in [6, 6.07) is 1.59. The van der Waals surface area contributed by atoms with E-state index in [2.05, 4.69) is 96.2 Å². The minimum atomic E-state index is 0. The summed E-state index contributed by atoms with van der Waals surface area (Å²) in [6.45, 7) is 36.1. The highest BCUT2D eigenvalue weighted by atomic mass is 16.5. The van der Waals surface area contributed by atoms with Gasteiger partial charge in [-0.15, -0.1) is 0 Å². The molecule has 9 heteroatoms. The summed E-state index contributed by atoms with van der Waals surface area (Å²) in [4.78, 5) is 14.2. The van der Waals surface area contributed by atoms with Gasteiger partial charge in [-0.1, -0.05) is 119 Å². The van der Waals surface area contributed by atoms with Crippen LogP contribution in [0.5, 0.6) is 0 Å². The Morgan fingerprint density at radius 2 is 0.470 bits per heavy atom. The molecule has 0 aliphatic carbocycles. The lowest BCUT2D eigenvalue weighted by molar-refractivity contribution is 0.0503. The van der Waals surface area contributed by atoms with Crippen LogP contribution in [0, 0.1) is 0 Å². The summed E-state index contributed by atoms with van der Waals surface area (Å²) in [7, 11) is 13.1. The summed E-state index contributed by atoms with van der Waals surface area (Å²) >= 11 is 0. The van der Waals surface area contributed by atoms with E-state index >= 15 is 0 Å². The zero-order valence-corrected chi connectivity index (χ0v) is 43.3. The molecule has 2 atom stereocenters. The molecule has 9 nitrogen and oxygen atoms in total. The maximum absolute atomic E-state index is 5.10. The third-order valence-corrected chi connectivity index (χ3v) is 11.5. The molecule has 8 heterocycles. The van der Waals surface area contributed by atoms with Gasteiger partial charge in [0, 0.05) is 25.2 Å². The number of likely N-dealkylation sites (tertiary alicyclic amines) is 5. The summed E-state index contributed by atoms with van der Waals surface area (Å²) < 4.78 is 5.10. The lowest BCUT2D eigenvalue weighted by atomic mass is 10.1. The molecule has 0 spiro atoms. The number of nitrogens with zero attached hydrogens (tertiary/aromatic N) is 6. The van der Waals surface area contributed by atoms with E-state index in [0.29, 0.717) is 0 Å². The Morgan fingerprint density at radius 1 is 0.288 bits per heavy atom. The van der Waals surface area contributed by atoms with Crippen LogP contribution >= 0.6 is 0 Å². The Kier molecular flexibility index (Phi) is 95.6. The average molecular weight is 956 g/mol. The van der Waals surface area contributed by atoms with Crippen molar-refractivity contribution in [3.05, 3.63) is 0 Å². The Balaban J connectivity index is -0.0000000659. The molecule has 2 N–H and O–H groups in total. The van der Waals surface area contributed by atoms with Gasteiger partial charge in [0.2, 0.25) is 0 Å². The van der Waals surface area contributed by atoms with Gasteiger partial charge in [0.15, 0.2) is 0 Å². The lowest BCUT2D eigenvalue weighted by Crippen LogP contribution is -2.32. The van der Waals surface area contributed by atoms with Crippen LogP contribution in [0.2, 0.25) is 0 Å². The van der Waals surface area contributed by atoms with Crippen molar-refractivity contribution in [1.29, 1.82) is 0 Å². The van der Waals surface area contributed by atoms with Crippen LogP contribution in [0.4, 0.5) is 0 Å². The topological polar surface area (TPSA) is 52.7 Å². The molecule has 0 aromatic heterocycles. The largest absolute Gasteiger partial charge is 0.379 e. The highest BCUT2D eigenvalue weighted by molar-refractivity contribution is 4.68. The van der Waals surface area contributed by atoms with Gasteiger partial charge >= 0.3 is 0 Å². The second-order valence-corrected chi connectivity index (χ2v) is 17.4. The third kappa shape index (κ3) is 67.9. The lowest BCUT2D eigenvalue weighted by Gasteiger charge is -2.21. The summed E-state index contributed by atoms with van der Waals surface area (Å²) in [5.74, 6) is 0. The number of morpholine rings is 1. The highest BCUT2D eigenvalue weighted by Crippen LogP contribution is 2.08. The van der Waals surface area contributed by atoms with Crippen LogP contribution in [0.15, 0.2) is 0 Å². The number of hydrogen-bond acceptors (Lipinski definition) is 9. The molecule has 0 aromatic rings. The van der Waals surface area contributed by atoms with E-state index in [4.69, 9.17) is 4.74 Å². The fourth-order valence-electron chi connectivity index (χ4n) is 7.46. The van der Waals surface area contributed by atoms with Gasteiger partial charge in [0.1, 0.15) is 0 Å². The van der Waals surface area contributed by atoms with Crippen LogP contribution < -0.4 is 10.6 Å². The quantitative estimate of drug-likeness (QED) is 0.247. The number of rotatable bonds is 0. The van der Waals surface area contributed by atoms with Crippen molar-refractivity contribution >= 4 is 0 Å². The standard InChI is InChI=1S/C7H15N.2C6H13N.C5H11NO.4C5H11N.3C2H6.7CH4/c1-8-6-4-2-3-5-7-8;2*1-7-5-3-2-4-6-7;1-6-2-4-7-5-3-6;2*1-6-4-2-3-5-6;2*1-5-3-2-4-6-5;3*1-2;;;;;;;/h2-7H2,1H3;2*2-6H2,1H3;2-5H2,1H3;2*2-5H2,1H3;2*5-6H,2-4H2,1H3;3*1-2H3;7*1H4. The molecule has 2 unspecified atom stereocenters. The minimum Gasteiger partial charge on any atom is -0.379 e. The van der Waals surface area contributed by atoms with Crippen molar-refractivity contribution < 1.29 is 4.74 Å². The molecule has 8 aliphatic rings. The summed E-state index contributed by atoms with van der Waals surface area (Å²) in [5.41, 5.74) is 0. The van der Waals surface area contributed by atoms with Crippen molar-refractivity contribution in [1.82, 2.24) is 40.0 Å². The van der Waals surface area contributed by atoms with Gasteiger partial charge in [-0.2, -0.15) is 0 Å². The first kappa shape index (κ1) is 88.6. The molecule has 0 bridgehead atoms. The van der Waals surface area contributed by atoms with Crippen LogP contribution in [0.25, 0.3) is 0 Å². The fraction of sp³-hybridized carbons (Fsp3) is 1.00. The zero-order valence-electron chi connectivity index (χ0n) is 43.3. The second kappa shape index (κ2) is 71.2. The Morgan fingerprint density at radius 3 is 0.591 bits per heavy atom. The molecule has 8 fully saturated rings. The van der Waals surface area contributed by atoms with Gasteiger partial charge in [0.25, 0.3) is 0 Å². The van der Waals surface area contributed by atoms with Crippen LogP contribution in [0.3, 0.4) is 0 Å². The van der Waals surface area contributed by atoms with Crippen LogP contribution in [-0.4, -0.2) is 189 Å². The molecule has 8 rings (SSSR count). The average Bonchev–Trinajstić information content (AvgIpc) is 4.12. The zero-order chi connectivity index (χ0) is 44.8. The van der Waals surface area contributed by atoms with E-state index in [0.717, 1.165) is 38.4 Å². The fourth-order valence-corrected chi connectivity index (χ4v) is 7.46. The molecule has 8 saturated heterocycles. The maximum atomic E-state index is 5.10. The van der Waals surface area contributed by atoms with Gasteiger partial charge in [-0.3, -0.25) is 0 Å². The smallest absolute Gasteiger partial charge is 0.0594 e. The third-order valence-electron chi connectivity index (χ3n) is 11.5. The molecule has 0 saturated carbocycles. The molecule has 416 valence electrons. The number of piperidine rings is 2. The van der Waals surface area contributed by atoms with Crippen molar-refractivity contribution in [3.63, 3.8) is 0 Å². The first-order chi connectivity index (χ1) is 28.7. The van der Waals surface area contributed by atoms with Crippen molar-refractivity contribution in [2.75, 3.05) is 147 Å². The monoisotopic (exact) mass is 955 g/mol. The predicted octanol–water partition coefficient (Wildman–Crippen LogP) is 14.1. The van der Waals surface area contributed by atoms with Gasteiger partial charge in [-0.25, -0.2) is 0 Å². The minimum absolute atomic E-state index is 0. The SMILES string of the molecule is C.C.C.C.C.C.C.CC.CC.CC.CC1CCCN1.CC1CCCN1.CN1CCCC1.CN1CCCC1.CN1CCCCC1.CN1CCCCC1.CN1CCCCCC1.CN1CCOCC1. The number of ether oxygens (including phenoxy) is 1. The normalized spacial score (nSPS) is 22.3. The Bertz CT molecular complexity index is 622. The van der Waals surface area contributed by atoms with Gasteiger partial charge in [0.05, 0.1) is 13.2 Å². The van der Waals surface area contributed by atoms with E-state index in [9.17, 15) is 0 Å². The number of likely N-dealkylation sites (N-methyl/N-ethyl adjacent to an activating group) is 1. The Labute approximate surface area is 425 Å². The van der Waals surface area contributed by atoms with Crippen molar-refractivity contribution in [3.8, 4) is 0 Å². The molecule has 0 aromatic carbocycles. The van der Waals surface area contributed by atoms with E-state index in [1.807, 2.05) is 41.5 Å². The van der Waals surface area contributed by atoms with Crippen molar-refractivity contribution in [2.24, 2.45) is 0 Å². The molecule has 0 radical (unpaired) electrons. The summed E-state index contributed by atoms with van der Waals surface area (Å²) in [5, 5.41) is 6.64. The van der Waals surface area contributed by atoms with E-state index in [1.54, 1.807) is 0 Å². The maximum Gasteiger partial charge on any atom is 0.0594 e. The van der Waals surface area contributed by atoms with Crippen LogP contribution in [0.1, 0.15) is 223 Å². The van der Waals surface area contributed by atoms with E-state index in [1.165, 1.54) is 194 Å². The van der Waals surface area contributed by atoms with Crippen LogP contribution in [-0.2, 0) is 4.74 Å². The molecular formula is C57H142N8O.